The summed E-state index contributed by atoms with van der Waals surface area (Å²) in [7, 11) is 0. The number of benzene rings is 1. The number of fused-ring (bicyclic) bond motifs is 1. The van der Waals surface area contributed by atoms with Crippen LogP contribution in [0.4, 0.5) is 0 Å². The van der Waals surface area contributed by atoms with Gasteiger partial charge in [0.1, 0.15) is 0 Å². The van der Waals surface area contributed by atoms with Crippen molar-refractivity contribution in [1.82, 2.24) is 9.97 Å². The van der Waals surface area contributed by atoms with Gasteiger partial charge in [0.2, 0.25) is 0 Å². The van der Waals surface area contributed by atoms with Crippen LogP contribution in [0.3, 0.4) is 0 Å². The maximum Gasteiger partial charge on any atom is 0.335 e. The molecule has 0 amide bonds. The average Bonchev–Trinajstić information content (AvgIpc) is 2.42. The van der Waals surface area contributed by atoms with E-state index in [4.69, 9.17) is 17.3 Å². The average molecular weight is 346 g/mol. The van der Waals surface area contributed by atoms with Crippen LogP contribution in [-0.2, 0) is 0 Å². The minimum atomic E-state index is -0.942. The van der Waals surface area contributed by atoms with Gasteiger partial charge in [-0.3, -0.25) is 0 Å². The molecule has 0 aliphatic carbocycles. The fourth-order valence-electron chi connectivity index (χ4n) is 1.17. The smallest absolute Gasteiger partial charge is 0.335 e. The van der Waals surface area contributed by atoms with Gasteiger partial charge in [-0.25, -0.2) is 4.79 Å². The molecular formula is C8H6EuN2O2S. The molecule has 1 aromatic heterocycles. The van der Waals surface area contributed by atoms with E-state index in [1.54, 1.807) is 12.1 Å². The van der Waals surface area contributed by atoms with E-state index < -0.39 is 5.97 Å². The van der Waals surface area contributed by atoms with Crippen LogP contribution in [0.5, 0.6) is 0 Å². The van der Waals surface area contributed by atoms with Crippen LogP contribution in [0.1, 0.15) is 10.4 Å². The van der Waals surface area contributed by atoms with Gasteiger partial charge < -0.3 is 15.1 Å². The van der Waals surface area contributed by atoms with Crippen LogP contribution < -0.4 is 0 Å². The largest absolute Gasteiger partial charge is 0.478 e. The Bertz CT molecular complexity index is 531. The first-order valence-corrected chi connectivity index (χ1v) is 4.03. The molecule has 1 heterocycles. The van der Waals surface area contributed by atoms with Gasteiger partial charge in [0, 0.05) is 49.4 Å². The number of carboxylic acid groups (broad SMARTS) is 1. The molecule has 2 rings (SSSR count). The third-order valence-corrected chi connectivity index (χ3v) is 1.97. The van der Waals surface area contributed by atoms with E-state index in [0.717, 1.165) is 5.52 Å². The van der Waals surface area contributed by atoms with Gasteiger partial charge in [-0.1, -0.05) is 0 Å². The number of hydrogen-bond donors (Lipinski definition) is 3. The Balaban J connectivity index is 0.000000980. The number of carboxylic acids is 1. The molecule has 1 aromatic carbocycles. The minimum absolute atomic E-state index is 0. The van der Waals surface area contributed by atoms with E-state index >= 15 is 0 Å². The predicted molar refractivity (Wildman–Crippen MR) is 50.4 cm³/mol. The molecule has 73 valence electrons. The first-order valence-electron chi connectivity index (χ1n) is 3.62. The number of rotatable bonds is 1. The summed E-state index contributed by atoms with van der Waals surface area (Å²) in [4.78, 5) is 16.3. The Labute approximate surface area is 125 Å². The van der Waals surface area contributed by atoms with Crippen molar-refractivity contribution in [3.8, 4) is 0 Å². The summed E-state index contributed by atoms with van der Waals surface area (Å²) < 4.78 is 0.498. The first kappa shape index (κ1) is 12.0. The quantitative estimate of drug-likeness (QED) is 0.691. The van der Waals surface area contributed by atoms with Crippen molar-refractivity contribution in [3.63, 3.8) is 0 Å². The Hall–Kier alpha value is -0.0356. The van der Waals surface area contributed by atoms with Crippen LogP contribution in [0.15, 0.2) is 18.2 Å². The Morgan fingerprint density at radius 1 is 1.29 bits per heavy atom. The molecule has 3 N–H and O–H groups in total. The molecule has 0 spiro atoms. The van der Waals surface area contributed by atoms with Crippen molar-refractivity contribution in [2.45, 2.75) is 0 Å². The summed E-state index contributed by atoms with van der Waals surface area (Å²) in [5.41, 5.74) is 1.78. The van der Waals surface area contributed by atoms with Crippen LogP contribution in [0.2, 0.25) is 0 Å². The van der Waals surface area contributed by atoms with Crippen LogP contribution >= 0.6 is 12.2 Å². The topological polar surface area (TPSA) is 68.9 Å². The van der Waals surface area contributed by atoms with Crippen molar-refractivity contribution in [2.24, 2.45) is 0 Å². The van der Waals surface area contributed by atoms with Crippen molar-refractivity contribution < 1.29 is 59.3 Å². The molecule has 1 radical (unpaired) electrons. The molecule has 4 nitrogen and oxygen atoms in total. The number of carbonyl (C=O) groups is 1. The van der Waals surface area contributed by atoms with Gasteiger partial charge in [0.05, 0.1) is 16.6 Å². The third-order valence-electron chi connectivity index (χ3n) is 1.76. The van der Waals surface area contributed by atoms with E-state index in [1.165, 1.54) is 6.07 Å². The van der Waals surface area contributed by atoms with Crippen LogP contribution in [-0.4, -0.2) is 21.0 Å². The van der Waals surface area contributed by atoms with Gasteiger partial charge in [-0.2, -0.15) is 0 Å². The minimum Gasteiger partial charge on any atom is -0.478 e. The standard InChI is InChI=1S/C8H6N2O2S.Eu/c11-7(12)4-1-2-5-6(3-4)10-8(13)9-5;/h1-3H,(H,11,12)(H2,9,10,13);. The van der Waals surface area contributed by atoms with Gasteiger partial charge in [-0.05, 0) is 30.4 Å². The van der Waals surface area contributed by atoms with Crippen molar-refractivity contribution in [2.75, 3.05) is 0 Å². The normalized spacial score (nSPS) is 9.71. The fourth-order valence-corrected chi connectivity index (χ4v) is 1.39. The molecule has 0 unspecified atom stereocenters. The molecule has 0 fully saturated rings. The van der Waals surface area contributed by atoms with Crippen LogP contribution in [0, 0.1) is 54.1 Å². The molecule has 6 heteroatoms. The second kappa shape index (κ2) is 4.66. The number of H-pyrrole nitrogens is 2. The van der Waals surface area contributed by atoms with Crippen LogP contribution in [0.25, 0.3) is 11.0 Å². The summed E-state index contributed by atoms with van der Waals surface area (Å²) in [5, 5.41) is 8.70. The third kappa shape index (κ3) is 2.31. The molecule has 0 aliphatic heterocycles. The summed E-state index contributed by atoms with van der Waals surface area (Å²) in [6, 6.07) is 4.76. The second-order valence-electron chi connectivity index (χ2n) is 2.64. The second-order valence-corrected chi connectivity index (χ2v) is 3.05. The zero-order chi connectivity index (χ0) is 9.42. The van der Waals surface area contributed by atoms with Crippen molar-refractivity contribution in [1.29, 1.82) is 0 Å². The number of hydrogen-bond acceptors (Lipinski definition) is 2. The number of aromatic nitrogens is 2. The number of imidazole rings is 1. The van der Waals surface area contributed by atoms with E-state index in [2.05, 4.69) is 9.97 Å². The summed E-state index contributed by atoms with van der Waals surface area (Å²) in [6.45, 7) is 0. The monoisotopic (exact) mass is 347 g/mol. The summed E-state index contributed by atoms with van der Waals surface area (Å²) in [6.07, 6.45) is 0. The Morgan fingerprint density at radius 2 is 1.93 bits per heavy atom. The molecule has 0 saturated carbocycles. The van der Waals surface area contributed by atoms with E-state index in [-0.39, 0.29) is 54.9 Å². The SMILES string of the molecule is O=C(O)c1ccc2[nH]c(=S)[nH]c2c1.[Eu]. The first-order chi connectivity index (χ1) is 6.16. The zero-order valence-corrected chi connectivity index (χ0v) is 10.1. The molecule has 0 aliphatic rings. The molecule has 0 saturated heterocycles. The van der Waals surface area contributed by atoms with Gasteiger partial charge in [0.15, 0.2) is 4.77 Å². The van der Waals surface area contributed by atoms with Crippen molar-refractivity contribution in [3.05, 3.63) is 28.5 Å². The number of aromatic carboxylic acids is 1. The van der Waals surface area contributed by atoms with Gasteiger partial charge in [0.25, 0.3) is 0 Å². The summed E-state index contributed by atoms with van der Waals surface area (Å²) in [5.74, 6) is -0.942. The Morgan fingerprint density at radius 3 is 2.57 bits per heavy atom. The number of nitrogens with one attached hydrogen (secondary N) is 2. The van der Waals surface area contributed by atoms with E-state index in [1.807, 2.05) is 0 Å². The fraction of sp³-hybridized carbons (Fsp3) is 0. The van der Waals surface area contributed by atoms with E-state index in [0.29, 0.717) is 10.3 Å². The van der Waals surface area contributed by atoms with Gasteiger partial charge >= 0.3 is 5.97 Å². The predicted octanol–water partition coefficient (Wildman–Crippen LogP) is 1.92. The molecule has 2 aromatic rings. The Kier molecular flexibility index (Phi) is 4.00. The van der Waals surface area contributed by atoms with Crippen molar-refractivity contribution >= 4 is 29.2 Å². The van der Waals surface area contributed by atoms with E-state index in [9.17, 15) is 4.79 Å². The number of aromatic amines is 2. The molecule has 14 heavy (non-hydrogen) atoms. The van der Waals surface area contributed by atoms with Gasteiger partial charge in [-0.15, -0.1) is 0 Å². The maximum absolute atomic E-state index is 10.6. The molecular weight excluding hydrogens is 340 g/mol. The molecule has 0 atom stereocenters. The zero-order valence-electron chi connectivity index (χ0n) is 6.87. The maximum atomic E-state index is 10.6. The molecule has 0 bridgehead atoms. The summed E-state index contributed by atoms with van der Waals surface area (Å²) >= 11 is 4.86.